The second kappa shape index (κ2) is 6.73. The predicted octanol–water partition coefficient (Wildman–Crippen LogP) is 2.90. The van der Waals surface area contributed by atoms with Gasteiger partial charge in [-0.3, -0.25) is 4.79 Å². The number of hydrogen-bond acceptors (Lipinski definition) is 5. The molecule has 0 radical (unpaired) electrons. The Hall–Kier alpha value is -1.86. The number of aryl methyl sites for hydroxylation is 1. The van der Waals surface area contributed by atoms with Crippen LogP contribution in [-0.2, 0) is 4.79 Å². The number of carbonyl (C=O) groups is 2. The largest absolute Gasteiger partial charge is 0.477 e. The second-order valence-electron chi connectivity index (χ2n) is 4.28. The third kappa shape index (κ3) is 3.83. The summed E-state index contributed by atoms with van der Waals surface area (Å²) in [5.74, 6) is -0.822. The summed E-state index contributed by atoms with van der Waals surface area (Å²) >= 11 is 2.36. The molecule has 0 aliphatic rings. The molecule has 1 N–H and O–H groups in total. The molecule has 0 spiro atoms. The van der Waals surface area contributed by atoms with Crippen molar-refractivity contribution in [2.75, 3.05) is 17.7 Å². The SMILES string of the molecule is Cc1nc(SCC(=O)N(C)c2ccccc2)sc1C(=O)O. The fraction of sp³-hybridized carbons (Fsp3) is 0.214. The maximum atomic E-state index is 12.1. The highest BCUT2D eigenvalue weighted by Gasteiger charge is 2.16. The van der Waals surface area contributed by atoms with Gasteiger partial charge in [0.25, 0.3) is 0 Å². The van der Waals surface area contributed by atoms with E-state index in [9.17, 15) is 9.59 Å². The number of carboxylic acids is 1. The number of hydrogen-bond donors (Lipinski definition) is 1. The van der Waals surface area contributed by atoms with Crippen molar-refractivity contribution in [2.24, 2.45) is 0 Å². The van der Waals surface area contributed by atoms with Crippen molar-refractivity contribution < 1.29 is 14.7 Å². The van der Waals surface area contributed by atoms with Crippen LogP contribution in [0.4, 0.5) is 5.69 Å². The smallest absolute Gasteiger partial charge is 0.347 e. The summed E-state index contributed by atoms with van der Waals surface area (Å²) in [5.41, 5.74) is 1.31. The van der Waals surface area contributed by atoms with E-state index in [2.05, 4.69) is 4.98 Å². The van der Waals surface area contributed by atoms with Crippen LogP contribution in [0, 0.1) is 6.92 Å². The number of carboxylic acid groups (broad SMARTS) is 1. The van der Waals surface area contributed by atoms with Crippen molar-refractivity contribution in [3.05, 3.63) is 40.9 Å². The van der Waals surface area contributed by atoms with E-state index in [0.29, 0.717) is 10.0 Å². The number of anilines is 1. The maximum Gasteiger partial charge on any atom is 0.347 e. The van der Waals surface area contributed by atoms with Gasteiger partial charge in [-0.15, -0.1) is 11.3 Å². The van der Waals surface area contributed by atoms with Crippen LogP contribution >= 0.6 is 23.1 Å². The van der Waals surface area contributed by atoms with E-state index in [1.807, 2.05) is 30.3 Å². The molecule has 0 fully saturated rings. The zero-order chi connectivity index (χ0) is 15.4. The van der Waals surface area contributed by atoms with Gasteiger partial charge < -0.3 is 10.0 Å². The Kier molecular flexibility index (Phi) is 4.98. The first-order valence-corrected chi connectivity index (χ1v) is 7.94. The van der Waals surface area contributed by atoms with Crippen LogP contribution in [0.15, 0.2) is 34.7 Å². The topological polar surface area (TPSA) is 70.5 Å². The van der Waals surface area contributed by atoms with Crippen LogP contribution in [0.25, 0.3) is 0 Å². The summed E-state index contributed by atoms with van der Waals surface area (Å²) in [5, 5.41) is 8.98. The highest BCUT2D eigenvalue weighted by atomic mass is 32.2. The molecule has 5 nitrogen and oxygen atoms in total. The third-order valence-corrected chi connectivity index (χ3v) is 5.08. The first-order valence-electron chi connectivity index (χ1n) is 6.14. The van der Waals surface area contributed by atoms with Crippen molar-refractivity contribution in [3.8, 4) is 0 Å². The lowest BCUT2D eigenvalue weighted by molar-refractivity contribution is -0.115. The number of carbonyl (C=O) groups excluding carboxylic acids is 1. The van der Waals surface area contributed by atoms with E-state index in [1.165, 1.54) is 11.8 Å². The molecule has 2 rings (SSSR count). The minimum atomic E-state index is -0.982. The van der Waals surface area contributed by atoms with Crippen LogP contribution in [0.2, 0.25) is 0 Å². The molecule has 1 amide bonds. The van der Waals surface area contributed by atoms with Crippen molar-refractivity contribution >= 4 is 40.7 Å². The lowest BCUT2D eigenvalue weighted by Gasteiger charge is -2.16. The predicted molar refractivity (Wildman–Crippen MR) is 84.4 cm³/mol. The van der Waals surface area contributed by atoms with Crippen molar-refractivity contribution in [1.82, 2.24) is 4.98 Å². The van der Waals surface area contributed by atoms with Crippen molar-refractivity contribution in [1.29, 1.82) is 0 Å². The van der Waals surface area contributed by atoms with E-state index in [-0.39, 0.29) is 16.5 Å². The van der Waals surface area contributed by atoms with E-state index in [0.717, 1.165) is 17.0 Å². The number of rotatable bonds is 5. The van der Waals surface area contributed by atoms with Gasteiger partial charge in [0.15, 0.2) is 4.34 Å². The number of thioether (sulfide) groups is 1. The molecule has 0 bridgehead atoms. The number of nitrogens with zero attached hydrogens (tertiary/aromatic N) is 2. The molecule has 1 heterocycles. The lowest BCUT2D eigenvalue weighted by Crippen LogP contribution is -2.27. The Labute approximate surface area is 130 Å². The average molecular weight is 322 g/mol. The Morgan fingerprint density at radius 2 is 2.00 bits per heavy atom. The van der Waals surface area contributed by atoms with Crippen LogP contribution in [0.1, 0.15) is 15.4 Å². The number of para-hydroxylation sites is 1. The first-order chi connectivity index (χ1) is 9.99. The molecule has 7 heteroatoms. The van der Waals surface area contributed by atoms with Crippen molar-refractivity contribution in [3.63, 3.8) is 0 Å². The Bertz CT molecular complexity index is 655. The summed E-state index contributed by atoms with van der Waals surface area (Å²) < 4.78 is 0.597. The van der Waals surface area contributed by atoms with Gasteiger partial charge in [-0.2, -0.15) is 0 Å². The van der Waals surface area contributed by atoms with Gasteiger partial charge in [0.1, 0.15) is 4.88 Å². The molecule has 0 aliphatic heterocycles. The summed E-state index contributed by atoms with van der Waals surface area (Å²) in [4.78, 5) is 29.0. The Balaban J connectivity index is 1.98. The maximum absolute atomic E-state index is 12.1. The van der Waals surface area contributed by atoms with Gasteiger partial charge in [0, 0.05) is 12.7 Å². The number of benzene rings is 1. The van der Waals surface area contributed by atoms with Gasteiger partial charge >= 0.3 is 5.97 Å². The van der Waals surface area contributed by atoms with Gasteiger partial charge in [-0.1, -0.05) is 30.0 Å². The van der Waals surface area contributed by atoms with E-state index in [1.54, 1.807) is 18.9 Å². The molecule has 0 aliphatic carbocycles. The number of amides is 1. The Morgan fingerprint density at radius 3 is 2.57 bits per heavy atom. The number of thiazole rings is 1. The molecule has 110 valence electrons. The van der Waals surface area contributed by atoms with Crippen LogP contribution in [0.3, 0.4) is 0 Å². The molecule has 0 saturated carbocycles. The van der Waals surface area contributed by atoms with Gasteiger partial charge in [-0.05, 0) is 19.1 Å². The van der Waals surface area contributed by atoms with Gasteiger partial charge in [-0.25, -0.2) is 9.78 Å². The molecule has 1 aromatic carbocycles. The molecule has 0 unspecified atom stereocenters. The lowest BCUT2D eigenvalue weighted by atomic mass is 10.3. The molecule has 0 saturated heterocycles. The quantitative estimate of drug-likeness (QED) is 0.857. The van der Waals surface area contributed by atoms with Gasteiger partial charge in [0.2, 0.25) is 5.91 Å². The second-order valence-corrected chi connectivity index (χ2v) is 6.50. The summed E-state index contributed by atoms with van der Waals surface area (Å²) in [7, 11) is 1.72. The van der Waals surface area contributed by atoms with Crippen molar-refractivity contribution in [2.45, 2.75) is 11.3 Å². The number of aromatic nitrogens is 1. The molecular weight excluding hydrogens is 308 g/mol. The molecule has 2 aromatic rings. The zero-order valence-electron chi connectivity index (χ0n) is 11.6. The molecule has 0 atom stereocenters. The third-order valence-electron chi connectivity index (χ3n) is 2.81. The van der Waals surface area contributed by atoms with E-state index < -0.39 is 5.97 Å². The summed E-state index contributed by atoms with van der Waals surface area (Å²) in [6, 6.07) is 9.35. The van der Waals surface area contributed by atoms with Crippen LogP contribution in [-0.4, -0.2) is 34.8 Å². The van der Waals surface area contributed by atoms with Crippen LogP contribution in [0.5, 0.6) is 0 Å². The zero-order valence-corrected chi connectivity index (χ0v) is 13.2. The Morgan fingerprint density at radius 1 is 1.33 bits per heavy atom. The standard InChI is InChI=1S/C14H14N2O3S2/c1-9-12(13(18)19)21-14(15-9)20-8-11(17)16(2)10-6-4-3-5-7-10/h3-7H,8H2,1-2H3,(H,18,19). The van der Waals surface area contributed by atoms with E-state index >= 15 is 0 Å². The monoisotopic (exact) mass is 322 g/mol. The summed E-state index contributed by atoms with van der Waals surface area (Å²) in [6.45, 7) is 1.65. The highest BCUT2D eigenvalue weighted by molar-refractivity contribution is 8.01. The fourth-order valence-electron chi connectivity index (χ4n) is 1.65. The van der Waals surface area contributed by atoms with Crippen LogP contribution < -0.4 is 4.90 Å². The van der Waals surface area contributed by atoms with E-state index in [4.69, 9.17) is 5.11 Å². The molecule has 1 aromatic heterocycles. The normalized spacial score (nSPS) is 10.4. The average Bonchev–Trinajstić information content (AvgIpc) is 2.86. The minimum Gasteiger partial charge on any atom is -0.477 e. The highest BCUT2D eigenvalue weighted by Crippen LogP contribution is 2.27. The number of aromatic carboxylic acids is 1. The fourth-order valence-corrected chi connectivity index (χ4v) is 3.59. The van der Waals surface area contributed by atoms with Gasteiger partial charge in [0.05, 0.1) is 11.4 Å². The minimum absolute atomic E-state index is 0.0593. The summed E-state index contributed by atoms with van der Waals surface area (Å²) in [6.07, 6.45) is 0. The molecular formula is C14H14N2O3S2. The molecule has 21 heavy (non-hydrogen) atoms. The first kappa shape index (κ1) is 15.5.